The Labute approximate surface area is 66.4 Å². The average molecular weight is 161 g/mol. The summed E-state index contributed by atoms with van der Waals surface area (Å²) >= 11 is 0. The third kappa shape index (κ3) is 3.16. The second kappa shape index (κ2) is 4.66. The van der Waals surface area contributed by atoms with Crippen molar-refractivity contribution in [3.63, 3.8) is 0 Å². The molecule has 0 atom stereocenters. The molecule has 1 saturated heterocycles. The maximum absolute atomic E-state index is 8.90. The highest BCUT2D eigenvalue weighted by molar-refractivity contribution is 4.77. The van der Waals surface area contributed by atoms with Crippen molar-refractivity contribution in [1.82, 2.24) is 4.90 Å². The first-order valence-corrected chi connectivity index (χ1v) is 3.92. The Bertz CT molecular complexity index is 104. The molecule has 0 amide bonds. The Morgan fingerprint density at radius 1 is 1.36 bits per heavy atom. The maximum Gasteiger partial charge on any atom is 0.0793 e. The average Bonchev–Trinajstić information content (AvgIpc) is 1.94. The molecule has 0 aromatic carbocycles. The van der Waals surface area contributed by atoms with Gasteiger partial charge in [0, 0.05) is 19.6 Å². The van der Waals surface area contributed by atoms with Gasteiger partial charge in [-0.1, -0.05) is 0 Å². The first-order valence-electron chi connectivity index (χ1n) is 3.92. The Hall–Kier alpha value is -0.160. The van der Waals surface area contributed by atoms with Crippen LogP contribution in [-0.4, -0.2) is 60.7 Å². The van der Waals surface area contributed by atoms with Gasteiger partial charge in [0.2, 0.25) is 0 Å². The van der Waals surface area contributed by atoms with Gasteiger partial charge in [0.1, 0.15) is 0 Å². The molecule has 2 N–H and O–H groups in total. The Morgan fingerprint density at radius 3 is 2.64 bits per heavy atom. The third-order valence-corrected chi connectivity index (χ3v) is 1.73. The summed E-state index contributed by atoms with van der Waals surface area (Å²) in [5.74, 6) is 0. The molecule has 0 aromatic heterocycles. The van der Waals surface area contributed by atoms with E-state index in [1.54, 1.807) is 0 Å². The van der Waals surface area contributed by atoms with Crippen LogP contribution in [0, 0.1) is 0 Å². The molecule has 0 bridgehead atoms. The van der Waals surface area contributed by atoms with Crippen molar-refractivity contribution in [2.75, 3.05) is 39.5 Å². The highest BCUT2D eigenvalue weighted by Gasteiger charge is 2.23. The standard InChI is InChI=1S/C7H15NO3/c9-2-4-11-3-1-8-5-7(10)6-8/h7,9-10H,1-6H2. The molecule has 1 fully saturated rings. The van der Waals surface area contributed by atoms with Gasteiger partial charge < -0.3 is 14.9 Å². The summed E-state index contributed by atoms with van der Waals surface area (Å²) in [6.07, 6.45) is -0.132. The SMILES string of the molecule is OCCOCCN1CC(O)C1. The normalized spacial score (nSPS) is 20.2. The Morgan fingerprint density at radius 2 is 2.09 bits per heavy atom. The molecular formula is C7H15NO3. The van der Waals surface area contributed by atoms with Gasteiger partial charge in [-0.3, -0.25) is 4.90 Å². The van der Waals surface area contributed by atoms with E-state index in [4.69, 9.17) is 14.9 Å². The van der Waals surface area contributed by atoms with Gasteiger partial charge in [-0.15, -0.1) is 0 Å². The number of rotatable bonds is 5. The van der Waals surface area contributed by atoms with Crippen molar-refractivity contribution in [2.24, 2.45) is 0 Å². The van der Waals surface area contributed by atoms with Crippen LogP contribution in [0.3, 0.4) is 0 Å². The van der Waals surface area contributed by atoms with Gasteiger partial charge in [0.25, 0.3) is 0 Å². The van der Waals surface area contributed by atoms with Crippen LogP contribution >= 0.6 is 0 Å². The van der Waals surface area contributed by atoms with Gasteiger partial charge in [-0.05, 0) is 0 Å². The van der Waals surface area contributed by atoms with E-state index in [2.05, 4.69) is 4.90 Å². The first-order chi connectivity index (χ1) is 5.33. The number of aliphatic hydroxyl groups excluding tert-OH is 2. The number of hydrogen-bond donors (Lipinski definition) is 2. The van der Waals surface area contributed by atoms with Crippen molar-refractivity contribution in [1.29, 1.82) is 0 Å². The molecule has 1 heterocycles. The van der Waals surface area contributed by atoms with Crippen LogP contribution in [0.25, 0.3) is 0 Å². The molecule has 1 aliphatic heterocycles. The fourth-order valence-corrected chi connectivity index (χ4v) is 1.09. The van der Waals surface area contributed by atoms with Crippen LogP contribution in [0.2, 0.25) is 0 Å². The predicted molar refractivity (Wildman–Crippen MR) is 40.4 cm³/mol. The van der Waals surface area contributed by atoms with Crippen LogP contribution < -0.4 is 0 Å². The lowest BCUT2D eigenvalue weighted by atomic mass is 10.2. The van der Waals surface area contributed by atoms with E-state index in [0.717, 1.165) is 19.6 Å². The van der Waals surface area contributed by atoms with Crippen molar-refractivity contribution in [3.8, 4) is 0 Å². The number of hydrogen-bond acceptors (Lipinski definition) is 4. The van der Waals surface area contributed by atoms with E-state index in [-0.39, 0.29) is 12.7 Å². The fraction of sp³-hybridized carbons (Fsp3) is 1.00. The van der Waals surface area contributed by atoms with Crippen molar-refractivity contribution in [2.45, 2.75) is 6.10 Å². The van der Waals surface area contributed by atoms with Crippen LogP contribution in [0.15, 0.2) is 0 Å². The molecular weight excluding hydrogens is 146 g/mol. The molecule has 0 radical (unpaired) electrons. The minimum atomic E-state index is -0.132. The van der Waals surface area contributed by atoms with Gasteiger partial charge in [-0.25, -0.2) is 0 Å². The molecule has 0 saturated carbocycles. The van der Waals surface area contributed by atoms with Crippen LogP contribution in [0.1, 0.15) is 0 Å². The lowest BCUT2D eigenvalue weighted by Gasteiger charge is -2.35. The quantitative estimate of drug-likeness (QED) is 0.491. The fourth-order valence-electron chi connectivity index (χ4n) is 1.09. The molecule has 4 nitrogen and oxygen atoms in total. The molecule has 1 aliphatic rings. The monoisotopic (exact) mass is 161 g/mol. The van der Waals surface area contributed by atoms with E-state index in [0.29, 0.717) is 13.2 Å². The topological polar surface area (TPSA) is 52.9 Å². The van der Waals surface area contributed by atoms with E-state index >= 15 is 0 Å². The van der Waals surface area contributed by atoms with Crippen LogP contribution in [0.4, 0.5) is 0 Å². The summed E-state index contributed by atoms with van der Waals surface area (Å²) in [6, 6.07) is 0. The van der Waals surface area contributed by atoms with E-state index in [1.807, 2.05) is 0 Å². The third-order valence-electron chi connectivity index (χ3n) is 1.73. The molecule has 11 heavy (non-hydrogen) atoms. The highest BCUT2D eigenvalue weighted by atomic mass is 16.5. The minimum Gasteiger partial charge on any atom is -0.394 e. The van der Waals surface area contributed by atoms with Crippen molar-refractivity contribution in [3.05, 3.63) is 0 Å². The number of nitrogens with zero attached hydrogens (tertiary/aromatic N) is 1. The smallest absolute Gasteiger partial charge is 0.0793 e. The number of aliphatic hydroxyl groups is 2. The van der Waals surface area contributed by atoms with Crippen molar-refractivity contribution >= 4 is 0 Å². The molecule has 0 unspecified atom stereocenters. The van der Waals surface area contributed by atoms with Gasteiger partial charge in [0.15, 0.2) is 0 Å². The lowest BCUT2D eigenvalue weighted by molar-refractivity contribution is -0.0173. The number of β-amino-alcohol motifs (C(OH)–C–C–N with tert-alkyl or cyclic N) is 1. The summed E-state index contributed by atoms with van der Waals surface area (Å²) in [5, 5.41) is 17.3. The second-order valence-electron chi connectivity index (χ2n) is 2.75. The van der Waals surface area contributed by atoms with E-state index in [9.17, 15) is 0 Å². The van der Waals surface area contributed by atoms with Crippen LogP contribution in [-0.2, 0) is 4.74 Å². The summed E-state index contributed by atoms with van der Waals surface area (Å²) in [4.78, 5) is 2.11. The largest absolute Gasteiger partial charge is 0.394 e. The molecule has 4 heteroatoms. The summed E-state index contributed by atoms with van der Waals surface area (Å²) in [7, 11) is 0. The molecule has 66 valence electrons. The van der Waals surface area contributed by atoms with Crippen LogP contribution in [0.5, 0.6) is 0 Å². The van der Waals surface area contributed by atoms with Gasteiger partial charge >= 0.3 is 0 Å². The summed E-state index contributed by atoms with van der Waals surface area (Å²) in [5.41, 5.74) is 0. The zero-order chi connectivity index (χ0) is 8.10. The number of ether oxygens (including phenoxy) is 1. The van der Waals surface area contributed by atoms with Gasteiger partial charge in [-0.2, -0.15) is 0 Å². The summed E-state index contributed by atoms with van der Waals surface area (Å²) in [6.45, 7) is 3.54. The van der Waals surface area contributed by atoms with Gasteiger partial charge in [0.05, 0.1) is 25.9 Å². The van der Waals surface area contributed by atoms with E-state index in [1.165, 1.54) is 0 Å². The highest BCUT2D eigenvalue weighted by Crippen LogP contribution is 2.05. The molecule has 0 aliphatic carbocycles. The zero-order valence-corrected chi connectivity index (χ0v) is 6.57. The molecule has 0 spiro atoms. The summed E-state index contributed by atoms with van der Waals surface area (Å²) < 4.78 is 5.05. The molecule has 1 rings (SSSR count). The Kier molecular flexibility index (Phi) is 3.79. The number of likely N-dealkylation sites (tertiary alicyclic amines) is 1. The van der Waals surface area contributed by atoms with Crippen molar-refractivity contribution < 1.29 is 14.9 Å². The van der Waals surface area contributed by atoms with E-state index < -0.39 is 0 Å². The zero-order valence-electron chi connectivity index (χ0n) is 6.57. The first kappa shape index (κ1) is 8.93. The predicted octanol–water partition coefficient (Wildman–Crippen LogP) is -1.33. The lowest BCUT2D eigenvalue weighted by Crippen LogP contribution is -2.51. The maximum atomic E-state index is 8.90. The Balaban J connectivity index is 1.81. The molecule has 0 aromatic rings. The second-order valence-corrected chi connectivity index (χ2v) is 2.75. The minimum absolute atomic E-state index is 0.0859.